The van der Waals surface area contributed by atoms with Crippen LogP contribution in [0.2, 0.25) is 0 Å². The Bertz CT molecular complexity index is 922. The Balaban J connectivity index is 0.000000179. The third-order valence-corrected chi connectivity index (χ3v) is 5.82. The van der Waals surface area contributed by atoms with Gasteiger partial charge in [-0.3, -0.25) is 4.89 Å². The van der Waals surface area contributed by atoms with Gasteiger partial charge in [-0.25, -0.2) is 4.57 Å². The highest BCUT2D eigenvalue weighted by Crippen LogP contribution is 2.44. The predicted octanol–water partition coefficient (Wildman–Crippen LogP) is 5.05. The molecule has 1 fully saturated rings. The summed E-state index contributed by atoms with van der Waals surface area (Å²) >= 11 is 0. The van der Waals surface area contributed by atoms with Crippen LogP contribution in [0.15, 0.2) is 91.0 Å². The molecule has 3 aromatic rings. The molecule has 4 rings (SSSR count). The van der Waals surface area contributed by atoms with Gasteiger partial charge in [-0.2, -0.15) is 0 Å². The van der Waals surface area contributed by atoms with E-state index < -0.39 is 13.4 Å². The molecule has 0 aliphatic heterocycles. The lowest BCUT2D eigenvalue weighted by Gasteiger charge is -2.35. The molecule has 3 aromatic carbocycles. The van der Waals surface area contributed by atoms with Gasteiger partial charge in [0.15, 0.2) is 0 Å². The standard InChI is InChI=1S/C12H11O4P.C12H16O2/c13-17(14,15-11-7-3-1-4-8-11)16-12-9-5-2-6-10-12;13-11-7-4-8-12(14,9-11)10-5-2-1-3-6-10/h1-10H,(H,13,14);1-3,5-6,11,13-14H,4,7-9H2. The van der Waals surface area contributed by atoms with E-state index in [0.717, 1.165) is 24.8 Å². The van der Waals surface area contributed by atoms with Gasteiger partial charge in [0.1, 0.15) is 11.5 Å². The van der Waals surface area contributed by atoms with Gasteiger partial charge in [0.05, 0.1) is 11.7 Å². The molecule has 0 amide bonds. The fourth-order valence-electron chi connectivity index (χ4n) is 3.48. The highest BCUT2D eigenvalue weighted by Gasteiger charge is 2.34. The first-order valence-electron chi connectivity index (χ1n) is 10.1. The second-order valence-corrected chi connectivity index (χ2v) is 8.73. The first-order valence-corrected chi connectivity index (χ1v) is 11.6. The molecular weight excluding hydrogens is 415 g/mol. The number of rotatable bonds is 5. The van der Waals surface area contributed by atoms with Crippen molar-refractivity contribution in [3.05, 3.63) is 96.6 Å². The van der Waals surface area contributed by atoms with Gasteiger partial charge >= 0.3 is 7.82 Å². The second-order valence-electron chi connectivity index (χ2n) is 7.43. The van der Waals surface area contributed by atoms with Crippen LogP contribution in [0.3, 0.4) is 0 Å². The summed E-state index contributed by atoms with van der Waals surface area (Å²) in [6.45, 7) is 0. The van der Waals surface area contributed by atoms with Gasteiger partial charge in [0.25, 0.3) is 0 Å². The molecule has 3 N–H and O–H groups in total. The number of benzene rings is 3. The van der Waals surface area contributed by atoms with E-state index in [1.54, 1.807) is 60.7 Å². The molecule has 2 unspecified atom stereocenters. The molecule has 2 atom stereocenters. The number of phosphoric acid groups is 1. The van der Waals surface area contributed by atoms with Crippen molar-refractivity contribution in [2.45, 2.75) is 37.4 Å². The van der Waals surface area contributed by atoms with Gasteiger partial charge < -0.3 is 19.3 Å². The molecule has 7 heteroatoms. The number of phosphoric ester groups is 1. The highest BCUT2D eigenvalue weighted by molar-refractivity contribution is 7.48. The first-order chi connectivity index (χ1) is 14.9. The molecule has 1 aliphatic rings. The second kappa shape index (κ2) is 10.6. The largest absolute Gasteiger partial charge is 0.584 e. The van der Waals surface area contributed by atoms with E-state index in [9.17, 15) is 19.7 Å². The monoisotopic (exact) mass is 442 g/mol. The average molecular weight is 442 g/mol. The molecule has 0 aromatic heterocycles. The topological polar surface area (TPSA) is 96.2 Å². The Morgan fingerprint density at radius 2 is 1.26 bits per heavy atom. The Kier molecular flexibility index (Phi) is 7.88. The smallest absolute Gasteiger partial charge is 0.395 e. The summed E-state index contributed by atoms with van der Waals surface area (Å²) < 4.78 is 21.5. The Morgan fingerprint density at radius 3 is 1.71 bits per heavy atom. The van der Waals surface area contributed by atoms with Gasteiger partial charge in [-0.1, -0.05) is 66.7 Å². The SMILES string of the molecule is O=P(O)(Oc1ccccc1)Oc1ccccc1.OC1CCCC(O)(c2ccccc2)C1. The molecule has 0 spiro atoms. The van der Waals surface area contributed by atoms with Crippen molar-refractivity contribution in [2.75, 3.05) is 0 Å². The zero-order valence-electron chi connectivity index (χ0n) is 17.1. The molecular formula is C24H27O6P. The normalized spacial score (nSPS) is 20.8. The fraction of sp³-hybridized carbons (Fsp3) is 0.250. The van der Waals surface area contributed by atoms with E-state index in [4.69, 9.17) is 9.05 Å². The van der Waals surface area contributed by atoms with Gasteiger partial charge in [0, 0.05) is 6.42 Å². The van der Waals surface area contributed by atoms with E-state index >= 15 is 0 Å². The van der Waals surface area contributed by atoms with Crippen LogP contribution in [0, 0.1) is 0 Å². The van der Waals surface area contributed by atoms with Crippen LogP contribution in [0.5, 0.6) is 11.5 Å². The third-order valence-electron chi connectivity index (χ3n) is 4.94. The molecule has 0 saturated heterocycles. The molecule has 31 heavy (non-hydrogen) atoms. The summed E-state index contributed by atoms with van der Waals surface area (Å²) in [5.41, 5.74) is 0.123. The van der Waals surface area contributed by atoms with Crippen LogP contribution >= 0.6 is 7.82 Å². The first kappa shape index (κ1) is 23.0. The number of para-hydroxylation sites is 2. The lowest BCUT2D eigenvalue weighted by molar-refractivity contribution is -0.0498. The lowest BCUT2D eigenvalue weighted by atomic mass is 9.78. The quantitative estimate of drug-likeness (QED) is 0.479. The van der Waals surface area contributed by atoms with Crippen molar-refractivity contribution in [3.63, 3.8) is 0 Å². The minimum absolute atomic E-state index is 0.286. The van der Waals surface area contributed by atoms with E-state index in [-0.39, 0.29) is 17.6 Å². The van der Waals surface area contributed by atoms with E-state index in [2.05, 4.69) is 0 Å². The van der Waals surface area contributed by atoms with Crippen LogP contribution in [-0.2, 0) is 10.2 Å². The number of aliphatic hydroxyl groups excluding tert-OH is 1. The molecule has 1 aliphatic carbocycles. The number of aliphatic hydroxyl groups is 2. The molecule has 164 valence electrons. The van der Waals surface area contributed by atoms with Gasteiger partial charge in [0.2, 0.25) is 0 Å². The fourth-order valence-corrected chi connectivity index (χ4v) is 4.30. The molecule has 0 heterocycles. The van der Waals surface area contributed by atoms with E-state index in [1.165, 1.54) is 0 Å². The molecule has 0 bridgehead atoms. The minimum atomic E-state index is -4.14. The van der Waals surface area contributed by atoms with E-state index in [0.29, 0.717) is 6.42 Å². The summed E-state index contributed by atoms with van der Waals surface area (Å²) in [7, 11) is -4.14. The van der Waals surface area contributed by atoms with Crippen molar-refractivity contribution < 1.29 is 28.7 Å². The summed E-state index contributed by atoms with van der Waals surface area (Å²) in [5.74, 6) is 0.573. The van der Waals surface area contributed by atoms with Crippen molar-refractivity contribution in [3.8, 4) is 11.5 Å². The molecule has 0 radical (unpaired) electrons. The van der Waals surface area contributed by atoms with Gasteiger partial charge in [-0.15, -0.1) is 0 Å². The number of hydrogen-bond acceptors (Lipinski definition) is 5. The maximum absolute atomic E-state index is 11.7. The average Bonchev–Trinajstić information content (AvgIpc) is 2.75. The zero-order valence-corrected chi connectivity index (χ0v) is 18.0. The van der Waals surface area contributed by atoms with Crippen molar-refractivity contribution in [1.82, 2.24) is 0 Å². The summed E-state index contributed by atoms with van der Waals surface area (Å²) in [6, 6.07) is 26.4. The summed E-state index contributed by atoms with van der Waals surface area (Å²) in [4.78, 5) is 9.53. The minimum Gasteiger partial charge on any atom is -0.395 e. The van der Waals surface area contributed by atoms with Gasteiger partial charge in [-0.05, 0) is 49.1 Å². The van der Waals surface area contributed by atoms with Crippen LogP contribution in [-0.4, -0.2) is 21.2 Å². The predicted molar refractivity (Wildman–Crippen MR) is 119 cm³/mol. The molecule has 6 nitrogen and oxygen atoms in total. The molecule has 1 saturated carbocycles. The zero-order chi connectivity index (χ0) is 22.2. The Labute approximate surface area is 182 Å². The highest BCUT2D eigenvalue weighted by atomic mass is 31.2. The van der Waals surface area contributed by atoms with Crippen molar-refractivity contribution >= 4 is 7.82 Å². The van der Waals surface area contributed by atoms with Crippen LogP contribution in [0.1, 0.15) is 31.2 Å². The maximum atomic E-state index is 11.7. The maximum Gasteiger partial charge on any atom is 0.584 e. The summed E-state index contributed by atoms with van der Waals surface area (Å²) in [6.07, 6.45) is 2.58. The van der Waals surface area contributed by atoms with Crippen LogP contribution in [0.4, 0.5) is 0 Å². The van der Waals surface area contributed by atoms with E-state index in [1.807, 2.05) is 30.3 Å². The van der Waals surface area contributed by atoms with Crippen molar-refractivity contribution in [1.29, 1.82) is 0 Å². The Morgan fingerprint density at radius 1 is 0.806 bits per heavy atom. The van der Waals surface area contributed by atoms with Crippen molar-refractivity contribution in [2.24, 2.45) is 0 Å². The summed E-state index contributed by atoms with van der Waals surface area (Å²) in [5, 5.41) is 19.9. The van der Waals surface area contributed by atoms with Crippen LogP contribution < -0.4 is 9.05 Å². The van der Waals surface area contributed by atoms with Crippen LogP contribution in [0.25, 0.3) is 0 Å². The number of hydrogen-bond donors (Lipinski definition) is 3. The Hall–Kier alpha value is -2.63. The lowest BCUT2D eigenvalue weighted by Crippen LogP contribution is -2.34. The third kappa shape index (κ3) is 7.23.